The molecule has 1 aliphatic carbocycles. The molecule has 0 unspecified atom stereocenters. The molecule has 3 heteroatoms. The summed E-state index contributed by atoms with van der Waals surface area (Å²) in [5.74, 6) is 0. The van der Waals surface area contributed by atoms with Gasteiger partial charge in [0.15, 0.2) is 0 Å². The monoisotopic (exact) mass is 298 g/mol. The van der Waals surface area contributed by atoms with E-state index in [4.69, 9.17) is 4.74 Å². The van der Waals surface area contributed by atoms with Crippen molar-refractivity contribution in [3.63, 3.8) is 0 Å². The van der Waals surface area contributed by atoms with Crippen molar-refractivity contribution in [2.75, 3.05) is 39.9 Å². The summed E-state index contributed by atoms with van der Waals surface area (Å²) < 4.78 is 5.17. The van der Waals surface area contributed by atoms with Gasteiger partial charge in [0.2, 0.25) is 0 Å². The van der Waals surface area contributed by atoms with Gasteiger partial charge in [-0.15, -0.1) is 0 Å². The maximum absolute atomic E-state index is 5.17. The second kappa shape index (κ2) is 10.6. The molecule has 0 heterocycles. The van der Waals surface area contributed by atoms with Gasteiger partial charge >= 0.3 is 0 Å². The minimum absolute atomic E-state index is 0.476. The lowest BCUT2D eigenvalue weighted by Gasteiger charge is -2.40. The molecule has 3 nitrogen and oxygen atoms in total. The van der Waals surface area contributed by atoms with Gasteiger partial charge in [-0.3, -0.25) is 0 Å². The zero-order valence-electron chi connectivity index (χ0n) is 14.9. The van der Waals surface area contributed by atoms with Crippen molar-refractivity contribution in [2.24, 2.45) is 5.41 Å². The molecule has 0 aromatic heterocycles. The van der Waals surface area contributed by atoms with E-state index in [0.29, 0.717) is 11.5 Å². The van der Waals surface area contributed by atoms with E-state index in [-0.39, 0.29) is 0 Å². The smallest absolute Gasteiger partial charge is 0.0587 e. The fourth-order valence-corrected chi connectivity index (χ4v) is 3.63. The van der Waals surface area contributed by atoms with Crippen LogP contribution in [-0.4, -0.2) is 50.8 Å². The van der Waals surface area contributed by atoms with Gasteiger partial charge in [-0.2, -0.15) is 0 Å². The maximum atomic E-state index is 5.17. The van der Waals surface area contributed by atoms with E-state index in [1.165, 1.54) is 58.0 Å². The summed E-state index contributed by atoms with van der Waals surface area (Å²) in [4.78, 5) is 2.70. The summed E-state index contributed by atoms with van der Waals surface area (Å²) in [5, 5.41) is 3.66. The van der Waals surface area contributed by atoms with Crippen LogP contribution in [0.4, 0.5) is 0 Å². The van der Waals surface area contributed by atoms with Gasteiger partial charge in [0.25, 0.3) is 0 Å². The summed E-state index contributed by atoms with van der Waals surface area (Å²) in [6, 6.07) is 0.657. The van der Waals surface area contributed by atoms with Gasteiger partial charge in [-0.1, -0.05) is 32.6 Å². The number of nitrogens with one attached hydrogen (secondary N) is 1. The Labute approximate surface area is 132 Å². The Morgan fingerprint density at radius 3 is 2.33 bits per heavy atom. The molecule has 0 aromatic rings. The Balaban J connectivity index is 2.64. The normalized spacial score (nSPS) is 19.1. The maximum Gasteiger partial charge on any atom is 0.0587 e. The third kappa shape index (κ3) is 7.12. The zero-order chi connectivity index (χ0) is 15.6. The van der Waals surface area contributed by atoms with Crippen LogP contribution in [0, 0.1) is 5.41 Å². The number of hydrogen-bond donors (Lipinski definition) is 1. The van der Waals surface area contributed by atoms with E-state index < -0.39 is 0 Å². The number of methoxy groups -OCH3 is 1. The van der Waals surface area contributed by atoms with Crippen LogP contribution < -0.4 is 5.32 Å². The number of ether oxygens (including phenoxy) is 1. The van der Waals surface area contributed by atoms with Crippen LogP contribution in [0.25, 0.3) is 0 Å². The van der Waals surface area contributed by atoms with Crippen molar-refractivity contribution < 1.29 is 4.74 Å². The Morgan fingerprint density at radius 1 is 1.14 bits per heavy atom. The third-order valence-corrected chi connectivity index (χ3v) is 4.93. The molecule has 0 bridgehead atoms. The lowest BCUT2D eigenvalue weighted by atomic mass is 9.79. The first-order chi connectivity index (χ1) is 10.1. The Morgan fingerprint density at radius 2 is 1.81 bits per heavy atom. The summed E-state index contributed by atoms with van der Waals surface area (Å²) in [7, 11) is 1.78. The molecular formula is C18H38N2O. The Kier molecular flexibility index (Phi) is 9.54. The minimum atomic E-state index is 0.476. The molecule has 1 rings (SSSR count). The van der Waals surface area contributed by atoms with Crippen LogP contribution in [0.3, 0.4) is 0 Å². The first kappa shape index (κ1) is 18.9. The zero-order valence-corrected chi connectivity index (χ0v) is 14.9. The van der Waals surface area contributed by atoms with E-state index in [0.717, 1.165) is 19.7 Å². The molecule has 1 aliphatic rings. The highest BCUT2D eigenvalue weighted by molar-refractivity contribution is 4.87. The fraction of sp³-hybridized carbons (Fsp3) is 1.00. The number of rotatable bonds is 10. The van der Waals surface area contributed by atoms with Crippen molar-refractivity contribution in [3.05, 3.63) is 0 Å². The average molecular weight is 299 g/mol. The SMILES string of the molecule is CCCN(CC1(CNCCOC)CCCCCC1)C(C)C. The average Bonchev–Trinajstić information content (AvgIpc) is 2.69. The van der Waals surface area contributed by atoms with E-state index >= 15 is 0 Å². The molecule has 1 saturated carbocycles. The van der Waals surface area contributed by atoms with Crippen LogP contribution in [0.5, 0.6) is 0 Å². The van der Waals surface area contributed by atoms with Gasteiger partial charge in [-0.25, -0.2) is 0 Å². The summed E-state index contributed by atoms with van der Waals surface area (Å²) in [6.45, 7) is 12.4. The van der Waals surface area contributed by atoms with Gasteiger partial charge in [0, 0.05) is 32.8 Å². The molecule has 0 saturated heterocycles. The largest absolute Gasteiger partial charge is 0.383 e. The summed E-state index contributed by atoms with van der Waals surface area (Å²) >= 11 is 0. The molecule has 0 amide bonds. The molecule has 1 N–H and O–H groups in total. The second-order valence-corrected chi connectivity index (χ2v) is 7.15. The van der Waals surface area contributed by atoms with E-state index in [9.17, 15) is 0 Å². The quantitative estimate of drug-likeness (QED) is 0.492. The highest BCUT2D eigenvalue weighted by Crippen LogP contribution is 2.36. The first-order valence-electron chi connectivity index (χ1n) is 9.07. The van der Waals surface area contributed by atoms with E-state index in [1.54, 1.807) is 7.11 Å². The molecular weight excluding hydrogens is 260 g/mol. The van der Waals surface area contributed by atoms with Crippen molar-refractivity contribution >= 4 is 0 Å². The van der Waals surface area contributed by atoms with Gasteiger partial charge < -0.3 is 15.0 Å². The Hall–Kier alpha value is -0.120. The predicted octanol–water partition coefficient (Wildman–Crippen LogP) is 3.68. The minimum Gasteiger partial charge on any atom is -0.383 e. The molecule has 0 atom stereocenters. The molecule has 0 spiro atoms. The predicted molar refractivity (Wildman–Crippen MR) is 91.9 cm³/mol. The van der Waals surface area contributed by atoms with Crippen LogP contribution in [0.2, 0.25) is 0 Å². The topological polar surface area (TPSA) is 24.5 Å². The standard InChI is InChI=1S/C18H38N2O/c1-5-13-20(17(2)3)16-18(15-19-12-14-21-4)10-8-6-7-9-11-18/h17,19H,5-16H2,1-4H3. The molecule has 1 fully saturated rings. The molecule has 0 aromatic carbocycles. The molecule has 21 heavy (non-hydrogen) atoms. The van der Waals surface area contributed by atoms with Crippen LogP contribution in [0.15, 0.2) is 0 Å². The summed E-state index contributed by atoms with van der Waals surface area (Å²) in [6.07, 6.45) is 9.70. The van der Waals surface area contributed by atoms with Crippen molar-refractivity contribution in [1.82, 2.24) is 10.2 Å². The molecule has 126 valence electrons. The van der Waals surface area contributed by atoms with Crippen molar-refractivity contribution in [1.29, 1.82) is 0 Å². The fourth-order valence-electron chi connectivity index (χ4n) is 3.63. The second-order valence-electron chi connectivity index (χ2n) is 7.15. The first-order valence-corrected chi connectivity index (χ1v) is 9.07. The van der Waals surface area contributed by atoms with Gasteiger partial charge in [0.1, 0.15) is 0 Å². The third-order valence-electron chi connectivity index (χ3n) is 4.93. The lowest BCUT2D eigenvalue weighted by Crippen LogP contribution is -2.47. The molecule has 0 radical (unpaired) electrons. The van der Waals surface area contributed by atoms with Crippen molar-refractivity contribution in [2.45, 2.75) is 71.8 Å². The highest BCUT2D eigenvalue weighted by atomic mass is 16.5. The van der Waals surface area contributed by atoms with Crippen LogP contribution >= 0.6 is 0 Å². The van der Waals surface area contributed by atoms with Crippen LogP contribution in [-0.2, 0) is 4.74 Å². The van der Waals surface area contributed by atoms with E-state index in [1.807, 2.05) is 0 Å². The van der Waals surface area contributed by atoms with Crippen LogP contribution in [0.1, 0.15) is 65.7 Å². The highest BCUT2D eigenvalue weighted by Gasteiger charge is 2.33. The summed E-state index contributed by atoms with van der Waals surface area (Å²) in [5.41, 5.74) is 0.476. The number of nitrogens with zero attached hydrogens (tertiary/aromatic N) is 1. The van der Waals surface area contributed by atoms with Gasteiger partial charge in [0.05, 0.1) is 6.61 Å². The van der Waals surface area contributed by atoms with E-state index in [2.05, 4.69) is 31.0 Å². The Bertz CT molecular complexity index is 248. The molecule has 0 aliphatic heterocycles. The lowest BCUT2D eigenvalue weighted by molar-refractivity contribution is 0.100. The van der Waals surface area contributed by atoms with Crippen molar-refractivity contribution in [3.8, 4) is 0 Å². The van der Waals surface area contributed by atoms with Gasteiger partial charge in [-0.05, 0) is 45.1 Å². The number of hydrogen-bond acceptors (Lipinski definition) is 3.